The third kappa shape index (κ3) is 3.19. The number of nitriles is 1. The molecule has 126 valence electrons. The molecule has 4 nitrogen and oxygen atoms in total. The topological polar surface area (TPSA) is 65.4 Å². The number of alkyl halides is 3. The third-order valence-electron chi connectivity index (χ3n) is 3.45. The van der Waals surface area contributed by atoms with Crippen LogP contribution in [0.3, 0.4) is 0 Å². The van der Waals surface area contributed by atoms with Crippen LogP contribution in [-0.2, 0) is 6.18 Å². The first-order valence-corrected chi connectivity index (χ1v) is 6.79. The van der Waals surface area contributed by atoms with Gasteiger partial charge in [-0.25, -0.2) is 13.9 Å². The maximum atomic E-state index is 13.4. The molecule has 1 heterocycles. The summed E-state index contributed by atoms with van der Waals surface area (Å²) in [7, 11) is 0. The van der Waals surface area contributed by atoms with Crippen LogP contribution in [0.1, 0.15) is 11.3 Å². The van der Waals surface area contributed by atoms with E-state index in [9.17, 15) is 22.0 Å². The lowest BCUT2D eigenvalue weighted by Crippen LogP contribution is -2.05. The van der Waals surface area contributed by atoms with Crippen molar-refractivity contribution < 1.29 is 22.0 Å². The highest BCUT2D eigenvalue weighted by Crippen LogP contribution is 2.36. The van der Waals surface area contributed by atoms with E-state index in [4.69, 9.17) is 5.26 Å². The summed E-state index contributed by atoms with van der Waals surface area (Å²) in [6, 6.07) is 7.42. The Bertz CT molecular complexity index is 985. The summed E-state index contributed by atoms with van der Waals surface area (Å²) in [4.78, 5) is 0. The number of aromatic amines is 1. The largest absolute Gasteiger partial charge is 0.416 e. The quantitative estimate of drug-likeness (QED) is 0.701. The van der Waals surface area contributed by atoms with Gasteiger partial charge in [0, 0.05) is 5.56 Å². The van der Waals surface area contributed by atoms with Crippen molar-refractivity contribution in [3.63, 3.8) is 0 Å². The van der Waals surface area contributed by atoms with Crippen LogP contribution < -0.4 is 0 Å². The lowest BCUT2D eigenvalue weighted by molar-refractivity contribution is -0.137. The lowest BCUT2D eigenvalue weighted by atomic mass is 9.97. The molecule has 0 fully saturated rings. The summed E-state index contributed by atoms with van der Waals surface area (Å²) in [6.45, 7) is 0. The average molecular weight is 350 g/mol. The molecule has 25 heavy (non-hydrogen) atoms. The van der Waals surface area contributed by atoms with Crippen molar-refractivity contribution >= 4 is 0 Å². The van der Waals surface area contributed by atoms with Gasteiger partial charge in [0.05, 0.1) is 5.56 Å². The molecule has 0 aliphatic rings. The van der Waals surface area contributed by atoms with E-state index in [0.717, 1.165) is 30.3 Å². The predicted octanol–water partition coefficient (Wildman–Crippen LogP) is 4.31. The van der Waals surface area contributed by atoms with Gasteiger partial charge in [-0.2, -0.15) is 18.4 Å². The van der Waals surface area contributed by atoms with E-state index in [2.05, 4.69) is 15.4 Å². The number of nitrogens with zero attached hydrogens (tertiary/aromatic N) is 3. The van der Waals surface area contributed by atoms with Crippen molar-refractivity contribution in [2.45, 2.75) is 6.18 Å². The summed E-state index contributed by atoms with van der Waals surface area (Å²) in [5.41, 5.74) is -1.19. The van der Waals surface area contributed by atoms with Gasteiger partial charge in [-0.3, -0.25) is 0 Å². The standard InChI is InChI=1S/C16H7F5N4/c17-12-2-1-8(6-13(12)18)9-3-10(5-11(4-9)16(19,20)21)15-14(7-22)23-25-24-15/h1-6H,(H,23,24,25). The highest BCUT2D eigenvalue weighted by molar-refractivity contribution is 5.74. The average Bonchev–Trinajstić information content (AvgIpc) is 3.05. The van der Waals surface area contributed by atoms with E-state index in [0.29, 0.717) is 0 Å². The van der Waals surface area contributed by atoms with E-state index < -0.39 is 23.4 Å². The van der Waals surface area contributed by atoms with Crippen molar-refractivity contribution in [1.29, 1.82) is 5.26 Å². The molecule has 0 unspecified atom stereocenters. The summed E-state index contributed by atoms with van der Waals surface area (Å²) in [5.74, 6) is -2.30. The molecule has 0 saturated carbocycles. The fraction of sp³-hybridized carbons (Fsp3) is 0.0625. The van der Waals surface area contributed by atoms with Gasteiger partial charge in [0.1, 0.15) is 11.8 Å². The lowest BCUT2D eigenvalue weighted by Gasteiger charge is -2.12. The summed E-state index contributed by atoms with van der Waals surface area (Å²) < 4.78 is 66.1. The molecule has 0 radical (unpaired) electrons. The van der Waals surface area contributed by atoms with E-state index in [1.165, 1.54) is 6.07 Å². The fourth-order valence-electron chi connectivity index (χ4n) is 2.28. The molecule has 0 atom stereocenters. The molecule has 0 aliphatic carbocycles. The minimum atomic E-state index is -4.68. The van der Waals surface area contributed by atoms with Crippen molar-refractivity contribution in [1.82, 2.24) is 15.4 Å². The monoisotopic (exact) mass is 350 g/mol. The number of rotatable bonds is 2. The van der Waals surface area contributed by atoms with E-state index in [-0.39, 0.29) is 28.1 Å². The minimum absolute atomic E-state index is 0.00406. The summed E-state index contributed by atoms with van der Waals surface area (Å²) >= 11 is 0. The molecular weight excluding hydrogens is 343 g/mol. The summed E-state index contributed by atoms with van der Waals surface area (Å²) in [5, 5.41) is 18.3. The maximum Gasteiger partial charge on any atom is 0.416 e. The van der Waals surface area contributed by atoms with Crippen molar-refractivity contribution in [2.24, 2.45) is 0 Å². The molecule has 0 saturated heterocycles. The van der Waals surface area contributed by atoms with Crippen molar-refractivity contribution in [3.8, 4) is 28.5 Å². The highest BCUT2D eigenvalue weighted by atomic mass is 19.4. The molecule has 3 rings (SSSR count). The Morgan fingerprint density at radius 1 is 0.920 bits per heavy atom. The molecule has 2 aromatic carbocycles. The van der Waals surface area contributed by atoms with E-state index >= 15 is 0 Å². The zero-order chi connectivity index (χ0) is 18.2. The molecule has 0 spiro atoms. The van der Waals surface area contributed by atoms with Gasteiger partial charge in [-0.15, -0.1) is 5.10 Å². The van der Waals surface area contributed by atoms with Crippen LogP contribution >= 0.6 is 0 Å². The summed E-state index contributed by atoms with van der Waals surface area (Å²) in [6.07, 6.45) is -4.68. The van der Waals surface area contributed by atoms with Crippen LogP contribution in [0.25, 0.3) is 22.4 Å². The van der Waals surface area contributed by atoms with Crippen LogP contribution in [0, 0.1) is 23.0 Å². The number of nitrogens with one attached hydrogen (secondary N) is 1. The molecule has 1 N–H and O–H groups in total. The van der Waals surface area contributed by atoms with Crippen LogP contribution in [0.5, 0.6) is 0 Å². The first kappa shape index (κ1) is 16.6. The number of hydrogen-bond acceptors (Lipinski definition) is 3. The van der Waals surface area contributed by atoms with Crippen molar-refractivity contribution in [2.75, 3.05) is 0 Å². The van der Waals surface area contributed by atoms with Gasteiger partial charge in [0.2, 0.25) is 0 Å². The van der Waals surface area contributed by atoms with Gasteiger partial charge in [0.25, 0.3) is 0 Å². The second-order valence-electron chi connectivity index (χ2n) is 5.07. The fourth-order valence-corrected chi connectivity index (χ4v) is 2.28. The molecule has 3 aromatic rings. The Labute approximate surface area is 137 Å². The zero-order valence-electron chi connectivity index (χ0n) is 12.2. The Morgan fingerprint density at radius 2 is 1.64 bits per heavy atom. The Kier molecular flexibility index (Phi) is 3.96. The second-order valence-corrected chi connectivity index (χ2v) is 5.07. The van der Waals surface area contributed by atoms with Crippen LogP contribution in [0.2, 0.25) is 0 Å². The molecule has 9 heteroatoms. The molecule has 0 amide bonds. The number of aromatic nitrogens is 3. The first-order chi connectivity index (χ1) is 11.8. The van der Waals surface area contributed by atoms with Crippen LogP contribution in [-0.4, -0.2) is 15.4 Å². The normalized spacial score (nSPS) is 11.4. The predicted molar refractivity (Wildman–Crippen MR) is 76.9 cm³/mol. The third-order valence-corrected chi connectivity index (χ3v) is 3.45. The second kappa shape index (κ2) is 5.98. The van der Waals surface area contributed by atoms with Gasteiger partial charge in [-0.1, -0.05) is 11.3 Å². The van der Waals surface area contributed by atoms with Crippen molar-refractivity contribution in [3.05, 3.63) is 59.3 Å². The van der Waals surface area contributed by atoms with Gasteiger partial charge >= 0.3 is 6.18 Å². The number of halogens is 5. The number of H-pyrrole nitrogens is 1. The maximum absolute atomic E-state index is 13.4. The van der Waals surface area contributed by atoms with E-state index in [1.54, 1.807) is 6.07 Å². The smallest absolute Gasteiger partial charge is 0.247 e. The van der Waals surface area contributed by atoms with Gasteiger partial charge < -0.3 is 0 Å². The number of benzene rings is 2. The Morgan fingerprint density at radius 3 is 2.28 bits per heavy atom. The Balaban J connectivity index is 2.24. The Hall–Kier alpha value is -3.28. The van der Waals surface area contributed by atoms with Crippen LogP contribution in [0.4, 0.5) is 22.0 Å². The molecular formula is C16H7F5N4. The molecule has 0 bridgehead atoms. The first-order valence-electron chi connectivity index (χ1n) is 6.79. The number of hydrogen-bond donors (Lipinski definition) is 1. The van der Waals surface area contributed by atoms with Gasteiger partial charge in [0.15, 0.2) is 17.3 Å². The SMILES string of the molecule is N#Cc1[nH]nnc1-c1cc(-c2ccc(F)c(F)c2)cc(C(F)(F)F)c1. The highest BCUT2D eigenvalue weighted by Gasteiger charge is 2.32. The molecule has 1 aromatic heterocycles. The van der Waals surface area contributed by atoms with E-state index in [1.807, 2.05) is 0 Å². The van der Waals surface area contributed by atoms with Crippen LogP contribution in [0.15, 0.2) is 36.4 Å². The minimum Gasteiger partial charge on any atom is -0.247 e. The van der Waals surface area contributed by atoms with Gasteiger partial charge in [-0.05, 0) is 41.5 Å². The molecule has 0 aliphatic heterocycles. The zero-order valence-corrected chi connectivity index (χ0v) is 12.2.